The lowest BCUT2D eigenvalue weighted by molar-refractivity contribution is -0.137. The maximum absolute atomic E-state index is 10.5. The largest absolute Gasteiger partial charge is 0.481 e. The second-order valence-corrected chi connectivity index (χ2v) is 8.08. The van der Waals surface area contributed by atoms with Crippen LogP contribution in [0.3, 0.4) is 0 Å². The number of carboxylic acids is 1. The summed E-state index contributed by atoms with van der Waals surface area (Å²) >= 11 is 0. The van der Waals surface area contributed by atoms with Gasteiger partial charge < -0.3 is 20.4 Å². The summed E-state index contributed by atoms with van der Waals surface area (Å²) in [6, 6.07) is 8.24. The normalized spacial score (nSPS) is 25.8. The topological polar surface area (TPSA) is 98.0 Å². The third-order valence-corrected chi connectivity index (χ3v) is 5.62. The summed E-state index contributed by atoms with van der Waals surface area (Å²) in [5, 5.41) is 39.5. The molecule has 0 heterocycles. The molecule has 1 unspecified atom stereocenters. The smallest absolute Gasteiger partial charge is 0.303 e. The van der Waals surface area contributed by atoms with Crippen molar-refractivity contribution in [3.05, 3.63) is 59.7 Å². The maximum Gasteiger partial charge on any atom is 0.303 e. The number of unbranched alkanes of at least 4 members (excludes halogenated alkanes) is 1. The molecule has 1 aromatic carbocycles. The van der Waals surface area contributed by atoms with Gasteiger partial charge in [-0.1, -0.05) is 54.1 Å². The summed E-state index contributed by atoms with van der Waals surface area (Å²) in [5.41, 5.74) is 2.40. The molecular formula is C24H34O5. The highest BCUT2D eigenvalue weighted by molar-refractivity contribution is 5.66. The average molecular weight is 403 g/mol. The van der Waals surface area contributed by atoms with E-state index in [1.165, 1.54) is 11.1 Å². The molecule has 1 saturated carbocycles. The van der Waals surface area contributed by atoms with Crippen LogP contribution in [0.15, 0.2) is 48.6 Å². The molecule has 160 valence electrons. The predicted octanol–water partition coefficient (Wildman–Crippen LogP) is 3.40. The van der Waals surface area contributed by atoms with E-state index in [1.807, 2.05) is 37.3 Å². The van der Waals surface area contributed by atoms with E-state index < -0.39 is 24.3 Å². The second kappa shape index (κ2) is 11.9. The van der Waals surface area contributed by atoms with Gasteiger partial charge in [-0.3, -0.25) is 4.79 Å². The molecule has 0 radical (unpaired) electrons. The molecule has 0 bridgehead atoms. The zero-order valence-corrected chi connectivity index (χ0v) is 17.2. The van der Waals surface area contributed by atoms with Crippen molar-refractivity contribution >= 4 is 5.97 Å². The Bertz CT molecular complexity index is 696. The Morgan fingerprint density at radius 3 is 2.76 bits per heavy atom. The molecule has 5 heteroatoms. The van der Waals surface area contributed by atoms with E-state index in [0.717, 1.165) is 6.42 Å². The summed E-state index contributed by atoms with van der Waals surface area (Å²) < 4.78 is 0. The molecule has 5 atom stereocenters. The van der Waals surface area contributed by atoms with E-state index in [-0.39, 0.29) is 18.3 Å². The zero-order chi connectivity index (χ0) is 21.2. The first kappa shape index (κ1) is 23.3. The van der Waals surface area contributed by atoms with E-state index in [2.05, 4.69) is 12.1 Å². The minimum atomic E-state index is -0.793. The lowest BCUT2D eigenvalue weighted by Crippen LogP contribution is -2.20. The van der Waals surface area contributed by atoms with Crippen molar-refractivity contribution in [3.8, 4) is 0 Å². The lowest BCUT2D eigenvalue weighted by atomic mass is 9.89. The minimum Gasteiger partial charge on any atom is -0.481 e. The van der Waals surface area contributed by atoms with Gasteiger partial charge in [0.2, 0.25) is 0 Å². The van der Waals surface area contributed by atoms with Gasteiger partial charge in [0, 0.05) is 18.8 Å². The minimum absolute atomic E-state index is 0.0963. The first-order valence-electron chi connectivity index (χ1n) is 10.5. The monoisotopic (exact) mass is 402 g/mol. The van der Waals surface area contributed by atoms with Crippen molar-refractivity contribution in [1.82, 2.24) is 0 Å². The Hall–Kier alpha value is -1.95. The molecule has 5 nitrogen and oxygen atoms in total. The lowest BCUT2D eigenvalue weighted by Gasteiger charge is -2.19. The number of aliphatic hydroxyl groups excluding tert-OH is 3. The van der Waals surface area contributed by atoms with Crippen molar-refractivity contribution in [2.45, 2.75) is 70.2 Å². The van der Waals surface area contributed by atoms with Crippen LogP contribution in [0.25, 0.3) is 0 Å². The summed E-state index contributed by atoms with van der Waals surface area (Å²) in [6.07, 6.45) is 9.51. The molecule has 0 aliphatic heterocycles. The number of aliphatic carboxylic acids is 1. The van der Waals surface area contributed by atoms with Crippen LogP contribution < -0.4 is 0 Å². The van der Waals surface area contributed by atoms with Crippen LogP contribution in [0.2, 0.25) is 0 Å². The molecule has 1 aliphatic carbocycles. The fraction of sp³-hybridized carbons (Fsp3) is 0.542. The first-order valence-corrected chi connectivity index (χ1v) is 10.5. The van der Waals surface area contributed by atoms with Gasteiger partial charge in [-0.25, -0.2) is 0 Å². The Morgan fingerprint density at radius 1 is 1.24 bits per heavy atom. The van der Waals surface area contributed by atoms with E-state index >= 15 is 0 Å². The van der Waals surface area contributed by atoms with Crippen molar-refractivity contribution in [3.63, 3.8) is 0 Å². The summed E-state index contributed by atoms with van der Waals surface area (Å²) in [5.74, 6) is -1.08. The van der Waals surface area contributed by atoms with Gasteiger partial charge in [0.05, 0.1) is 18.3 Å². The van der Waals surface area contributed by atoms with Crippen LogP contribution in [0.1, 0.15) is 49.7 Å². The first-order chi connectivity index (χ1) is 13.9. The van der Waals surface area contributed by atoms with Crippen LogP contribution in [0.4, 0.5) is 0 Å². The van der Waals surface area contributed by atoms with Gasteiger partial charge in [-0.2, -0.15) is 0 Å². The molecule has 29 heavy (non-hydrogen) atoms. The van der Waals surface area contributed by atoms with E-state index in [4.69, 9.17) is 5.11 Å². The Balaban J connectivity index is 1.83. The molecule has 0 aromatic heterocycles. The van der Waals surface area contributed by atoms with Crippen molar-refractivity contribution in [1.29, 1.82) is 0 Å². The molecular weight excluding hydrogens is 368 g/mol. The average Bonchev–Trinajstić information content (AvgIpc) is 2.93. The highest BCUT2D eigenvalue weighted by Gasteiger charge is 2.39. The van der Waals surface area contributed by atoms with Crippen LogP contribution >= 0.6 is 0 Å². The molecule has 0 spiro atoms. The summed E-state index contributed by atoms with van der Waals surface area (Å²) in [7, 11) is 0. The number of allylic oxidation sites excluding steroid dienone is 2. The summed E-state index contributed by atoms with van der Waals surface area (Å²) in [4.78, 5) is 10.5. The quantitative estimate of drug-likeness (QED) is 0.336. The highest BCUT2D eigenvalue weighted by Crippen LogP contribution is 2.36. The Labute approximate surface area is 173 Å². The third-order valence-electron chi connectivity index (χ3n) is 5.62. The molecule has 4 N–H and O–H groups in total. The van der Waals surface area contributed by atoms with E-state index in [1.54, 1.807) is 6.08 Å². The molecule has 0 saturated heterocycles. The summed E-state index contributed by atoms with van der Waals surface area (Å²) in [6.45, 7) is 2.05. The van der Waals surface area contributed by atoms with Crippen LogP contribution in [-0.4, -0.2) is 44.7 Å². The second-order valence-electron chi connectivity index (χ2n) is 8.08. The fourth-order valence-electron chi connectivity index (χ4n) is 3.98. The van der Waals surface area contributed by atoms with Gasteiger partial charge in [-0.15, -0.1) is 0 Å². The molecule has 1 aliphatic rings. The number of hydrogen-bond acceptors (Lipinski definition) is 4. The SMILES string of the molecule is Cc1cccc(CCC(O)/C=C/[C@@H]2[C@@H](C/C=C\CCCC(=O)O)[C@@H](O)C[C@H]2O)c1. The van der Waals surface area contributed by atoms with Gasteiger partial charge in [0.1, 0.15) is 0 Å². The zero-order valence-electron chi connectivity index (χ0n) is 17.2. The fourth-order valence-corrected chi connectivity index (χ4v) is 3.98. The molecule has 0 amide bonds. The Morgan fingerprint density at radius 2 is 2.03 bits per heavy atom. The van der Waals surface area contributed by atoms with Crippen molar-refractivity contribution in [2.75, 3.05) is 0 Å². The van der Waals surface area contributed by atoms with E-state index in [0.29, 0.717) is 32.1 Å². The highest BCUT2D eigenvalue weighted by atomic mass is 16.4. The van der Waals surface area contributed by atoms with Crippen molar-refractivity contribution in [2.24, 2.45) is 11.8 Å². The standard InChI is InChI=1S/C24H34O5/c1-17-7-6-8-18(15-17)11-12-19(25)13-14-21-20(22(26)16-23(21)27)9-4-2-3-5-10-24(28)29/h2,4,6-8,13-15,19-23,25-27H,3,5,9-12,16H2,1H3,(H,28,29)/b4-2-,14-13+/t19?,20-,21-,22+,23-/m1/s1. The van der Waals surface area contributed by atoms with Gasteiger partial charge in [0.25, 0.3) is 0 Å². The third kappa shape index (κ3) is 8.13. The molecule has 1 fully saturated rings. The number of carboxylic acid groups (broad SMARTS) is 1. The van der Waals surface area contributed by atoms with Crippen LogP contribution in [0, 0.1) is 18.8 Å². The number of hydrogen-bond donors (Lipinski definition) is 4. The van der Waals surface area contributed by atoms with Crippen molar-refractivity contribution < 1.29 is 25.2 Å². The molecule has 2 rings (SSSR count). The van der Waals surface area contributed by atoms with Crippen LogP contribution in [0.5, 0.6) is 0 Å². The van der Waals surface area contributed by atoms with Gasteiger partial charge >= 0.3 is 5.97 Å². The van der Waals surface area contributed by atoms with Crippen LogP contribution in [-0.2, 0) is 11.2 Å². The molecule has 1 aromatic rings. The van der Waals surface area contributed by atoms with Gasteiger partial charge in [-0.05, 0) is 50.5 Å². The number of aliphatic hydroxyl groups is 3. The predicted molar refractivity (Wildman–Crippen MR) is 114 cm³/mol. The van der Waals surface area contributed by atoms with E-state index in [9.17, 15) is 20.1 Å². The number of aryl methyl sites for hydroxylation is 2. The van der Waals surface area contributed by atoms with Gasteiger partial charge in [0.15, 0.2) is 0 Å². The Kier molecular flexibility index (Phi) is 9.58. The number of benzene rings is 1. The number of carbonyl (C=O) groups is 1. The maximum atomic E-state index is 10.5. The number of rotatable bonds is 11.